The molecule has 4 aliphatic rings. The van der Waals surface area contributed by atoms with Crippen LogP contribution >= 0.6 is 0 Å². The average molecular weight is 742 g/mol. The second-order valence-electron chi connectivity index (χ2n) is 18.4. The number of aliphatic imine (C=N–C) groups is 1. The summed E-state index contributed by atoms with van der Waals surface area (Å²) in [6.45, 7) is 13.1. The van der Waals surface area contributed by atoms with Crippen molar-refractivity contribution in [1.29, 1.82) is 0 Å². The molecule has 54 heavy (non-hydrogen) atoms. The van der Waals surface area contributed by atoms with Gasteiger partial charge in [-0.15, -0.1) is 0 Å². The van der Waals surface area contributed by atoms with Crippen LogP contribution in [0.2, 0.25) is 0 Å². The highest BCUT2D eigenvalue weighted by Gasteiger charge is 2.59. The van der Waals surface area contributed by atoms with Gasteiger partial charge in [-0.05, 0) is 140 Å². The van der Waals surface area contributed by atoms with Gasteiger partial charge in [0.1, 0.15) is 17.5 Å². The third-order valence-electron chi connectivity index (χ3n) is 14.5. The number of carbonyl (C=O) groups excluding carboxylic acids is 1. The minimum Gasteiger partial charge on any atom is -0.494 e. The lowest BCUT2D eigenvalue weighted by atomic mass is 9.47. The van der Waals surface area contributed by atoms with Crippen LogP contribution in [0.4, 0.5) is 5.69 Å². The van der Waals surface area contributed by atoms with Crippen molar-refractivity contribution in [2.75, 3.05) is 6.61 Å². The molecule has 1 aromatic carbocycles. The fraction of sp³-hybridized carbons (Fsp3) is 0.696. The van der Waals surface area contributed by atoms with Gasteiger partial charge in [0, 0.05) is 39.3 Å². The Labute approximate surface area is 323 Å². The summed E-state index contributed by atoms with van der Waals surface area (Å²) in [7, 11) is 3.03. The Kier molecular flexibility index (Phi) is 12.8. The summed E-state index contributed by atoms with van der Waals surface area (Å²) in [5.41, 5.74) is 2.57. The largest absolute Gasteiger partial charge is 0.494 e. The summed E-state index contributed by atoms with van der Waals surface area (Å²) < 4.78 is 14.4. The topological polar surface area (TPSA) is 91.9 Å². The maximum absolute atomic E-state index is 12.9. The van der Waals surface area contributed by atoms with E-state index >= 15 is 0 Å². The Morgan fingerprint density at radius 1 is 0.944 bits per heavy atom. The SMILES string of the molecule is CC(C)CCC[C@@H](C)[C@H]1CC[C@H]2[C@@H]3CC=C4C[C@@H](OC(=O)CCCCCOc5ccc(C=Nc6cn(C)c(=O)n(C)c6=O)cc5)CC[C@]4(C)[C@H]3CC[C@]12C. The molecule has 3 saturated carbocycles. The van der Waals surface area contributed by atoms with Crippen LogP contribution in [0.25, 0.3) is 0 Å². The standard InChI is InChI=1S/C46H67N3O5/c1-31(2)12-11-13-32(3)38-21-22-39-37-20-17-34-28-36(23-25-45(34,4)40(37)24-26-46(38,39)5)54-42(50)14-9-8-10-27-53-35-18-15-33(16-19-35)29-47-41-30-48(6)44(52)49(7)43(41)51/h15-19,29-32,36-40H,8-14,20-28H2,1-7H3/t32-,36+,37+,38-,39+,40+,45+,46-/m1/s1. The monoisotopic (exact) mass is 742 g/mol. The van der Waals surface area contributed by atoms with Crippen molar-refractivity contribution in [3.8, 4) is 5.75 Å². The first-order valence-electron chi connectivity index (χ1n) is 21.2. The first-order valence-corrected chi connectivity index (χ1v) is 21.2. The highest BCUT2D eigenvalue weighted by atomic mass is 16.5. The zero-order chi connectivity index (χ0) is 38.6. The van der Waals surface area contributed by atoms with Gasteiger partial charge in [-0.25, -0.2) is 9.79 Å². The van der Waals surface area contributed by atoms with Crippen LogP contribution in [0.15, 0.2) is 56.7 Å². The Morgan fingerprint density at radius 2 is 1.72 bits per heavy atom. The molecule has 0 N–H and O–H groups in total. The predicted molar refractivity (Wildman–Crippen MR) is 218 cm³/mol. The number of benzene rings is 1. The number of fused-ring (bicyclic) bond motifs is 5. The number of unbranched alkanes of at least 4 members (excludes halogenated alkanes) is 2. The van der Waals surface area contributed by atoms with Gasteiger partial charge in [0.2, 0.25) is 0 Å². The minimum absolute atomic E-state index is 0.0212. The Bertz CT molecular complexity index is 1790. The molecule has 0 saturated heterocycles. The van der Waals surface area contributed by atoms with Crippen molar-refractivity contribution in [2.45, 2.75) is 137 Å². The van der Waals surface area contributed by atoms with E-state index in [-0.39, 0.29) is 28.9 Å². The molecule has 0 amide bonds. The number of ether oxygens (including phenoxy) is 2. The molecule has 6 rings (SSSR count). The Balaban J connectivity index is 0.901. The molecule has 1 aromatic heterocycles. The lowest BCUT2D eigenvalue weighted by molar-refractivity contribution is -0.151. The fourth-order valence-electron chi connectivity index (χ4n) is 11.4. The first-order chi connectivity index (χ1) is 25.8. The lowest BCUT2D eigenvalue weighted by Gasteiger charge is -2.58. The lowest BCUT2D eigenvalue weighted by Crippen LogP contribution is -2.51. The van der Waals surface area contributed by atoms with E-state index in [0.717, 1.165) is 89.9 Å². The molecule has 0 bridgehead atoms. The number of nitrogens with zero attached hydrogens (tertiary/aromatic N) is 3. The number of esters is 1. The van der Waals surface area contributed by atoms with Gasteiger partial charge in [0.05, 0.1) is 6.61 Å². The van der Waals surface area contributed by atoms with Crippen LogP contribution in [0.3, 0.4) is 0 Å². The van der Waals surface area contributed by atoms with Crippen molar-refractivity contribution < 1.29 is 14.3 Å². The van der Waals surface area contributed by atoms with E-state index in [1.165, 1.54) is 69.2 Å². The summed E-state index contributed by atoms with van der Waals surface area (Å²) >= 11 is 0. The van der Waals surface area contributed by atoms with Crippen LogP contribution in [0, 0.1) is 46.3 Å². The molecule has 0 unspecified atom stereocenters. The molecule has 8 nitrogen and oxygen atoms in total. The third kappa shape index (κ3) is 8.68. The zero-order valence-electron chi connectivity index (χ0n) is 34.3. The molecular weight excluding hydrogens is 675 g/mol. The van der Waals surface area contributed by atoms with E-state index in [1.54, 1.807) is 18.8 Å². The number of hydrogen-bond acceptors (Lipinski definition) is 6. The molecule has 3 fully saturated rings. The van der Waals surface area contributed by atoms with Gasteiger partial charge >= 0.3 is 11.7 Å². The quantitative estimate of drug-likeness (QED) is 0.0785. The maximum atomic E-state index is 12.9. The number of carbonyl (C=O) groups is 1. The zero-order valence-corrected chi connectivity index (χ0v) is 34.3. The molecule has 1 heterocycles. The summed E-state index contributed by atoms with van der Waals surface area (Å²) in [6.07, 6.45) is 22.8. The summed E-state index contributed by atoms with van der Waals surface area (Å²) in [5, 5.41) is 0. The van der Waals surface area contributed by atoms with Crippen LogP contribution < -0.4 is 16.0 Å². The van der Waals surface area contributed by atoms with Gasteiger partial charge in [0.25, 0.3) is 5.56 Å². The summed E-state index contributed by atoms with van der Waals surface area (Å²) in [5.74, 6) is 5.73. The van der Waals surface area contributed by atoms with Crippen molar-refractivity contribution in [3.05, 3.63) is 68.5 Å². The Morgan fingerprint density at radius 3 is 2.48 bits per heavy atom. The fourth-order valence-corrected chi connectivity index (χ4v) is 11.4. The van der Waals surface area contributed by atoms with Crippen molar-refractivity contribution in [1.82, 2.24) is 9.13 Å². The highest BCUT2D eigenvalue weighted by molar-refractivity contribution is 5.81. The summed E-state index contributed by atoms with van der Waals surface area (Å²) in [6, 6.07) is 7.51. The van der Waals surface area contributed by atoms with Gasteiger partial charge in [-0.2, -0.15) is 0 Å². The maximum Gasteiger partial charge on any atom is 0.330 e. The van der Waals surface area contributed by atoms with Gasteiger partial charge in [-0.3, -0.25) is 14.2 Å². The van der Waals surface area contributed by atoms with Gasteiger partial charge in [0.15, 0.2) is 0 Å². The predicted octanol–water partition coefficient (Wildman–Crippen LogP) is 9.73. The molecule has 4 aliphatic carbocycles. The van der Waals surface area contributed by atoms with Crippen molar-refractivity contribution >= 4 is 17.9 Å². The number of hydrogen-bond donors (Lipinski definition) is 0. The number of aromatic nitrogens is 2. The number of rotatable bonds is 15. The second-order valence-corrected chi connectivity index (χ2v) is 18.4. The molecule has 8 heteroatoms. The molecule has 2 aromatic rings. The average Bonchev–Trinajstić information content (AvgIpc) is 3.51. The number of allylic oxidation sites excluding steroid dienone is 1. The molecule has 8 atom stereocenters. The third-order valence-corrected chi connectivity index (χ3v) is 14.5. The van der Waals surface area contributed by atoms with Gasteiger partial charge in [-0.1, -0.05) is 65.5 Å². The van der Waals surface area contributed by atoms with Crippen molar-refractivity contribution in [3.63, 3.8) is 0 Å². The van der Waals surface area contributed by atoms with E-state index in [9.17, 15) is 14.4 Å². The van der Waals surface area contributed by atoms with Crippen LogP contribution in [0.1, 0.15) is 136 Å². The van der Waals surface area contributed by atoms with E-state index in [2.05, 4.69) is 45.7 Å². The van der Waals surface area contributed by atoms with E-state index in [4.69, 9.17) is 9.47 Å². The Hall–Kier alpha value is -3.42. The highest BCUT2D eigenvalue weighted by Crippen LogP contribution is 2.67. The summed E-state index contributed by atoms with van der Waals surface area (Å²) in [4.78, 5) is 41.4. The minimum atomic E-state index is -0.430. The van der Waals surface area contributed by atoms with Crippen LogP contribution in [-0.4, -0.2) is 34.0 Å². The first kappa shape index (κ1) is 40.2. The molecule has 0 spiro atoms. The molecular formula is C46H67N3O5. The van der Waals surface area contributed by atoms with Crippen LogP contribution in [-0.2, 0) is 23.6 Å². The van der Waals surface area contributed by atoms with E-state index in [0.29, 0.717) is 18.4 Å². The van der Waals surface area contributed by atoms with Gasteiger partial charge < -0.3 is 14.0 Å². The molecule has 296 valence electrons. The molecule has 0 radical (unpaired) electrons. The van der Waals surface area contributed by atoms with Crippen LogP contribution in [0.5, 0.6) is 5.75 Å². The van der Waals surface area contributed by atoms with E-state index < -0.39 is 5.56 Å². The smallest absolute Gasteiger partial charge is 0.330 e. The molecule has 0 aliphatic heterocycles. The van der Waals surface area contributed by atoms with E-state index in [1.807, 2.05) is 24.3 Å². The second kappa shape index (κ2) is 17.2. The number of aryl methyl sites for hydroxylation is 1. The normalized spacial score (nSPS) is 29.7. The van der Waals surface area contributed by atoms with Crippen molar-refractivity contribution in [2.24, 2.45) is 65.4 Å².